The molecule has 5 atom stereocenters. The number of benzene rings is 2. The number of aliphatic hydroxyl groups is 1. The standard InChI is InChI=1S/C38H49N5O7/c1-4-7-16-31-36(44)43-23-28(21-34(43)42-49-24-39-35(37(45)46)26(5-2)6-3)50-33-22-32(27-14-9-8-10-15-27)40-30-18-17-25(20-29(30)33)13-11-12-19-48-38(47)41-31/h5-6,8-10,14-15,17-18,20,22,26,28,31,34-35,38-39,41-42,47H,2-4,7,11-13,16,19,21,23-24H2,1H3,(H,45,46)/t28-,31+,34+,35?,38?/m1/s1. The SMILES string of the molecule is C=CC(C=C)C(NCON[C@@H]1C[C@@H]2CN1C(=O)[C@H](CCCC)NC(O)OCCCCc1ccc3nc(-c4ccccc4)cc(c3c1)O2)C(=O)O. The molecule has 1 amide bonds. The Bertz CT molecular complexity index is 1600. The molecule has 1 saturated heterocycles. The van der Waals surface area contributed by atoms with Crippen molar-refractivity contribution in [2.45, 2.75) is 82.6 Å². The van der Waals surface area contributed by atoms with Gasteiger partial charge in [0.2, 0.25) is 12.3 Å². The Morgan fingerprint density at radius 1 is 1.18 bits per heavy atom. The van der Waals surface area contributed by atoms with Crippen molar-refractivity contribution in [1.82, 2.24) is 26.0 Å². The van der Waals surface area contributed by atoms with Gasteiger partial charge in [-0.15, -0.1) is 13.2 Å². The van der Waals surface area contributed by atoms with Gasteiger partial charge in [-0.2, -0.15) is 5.48 Å². The van der Waals surface area contributed by atoms with Crippen molar-refractivity contribution in [3.63, 3.8) is 0 Å². The molecular weight excluding hydrogens is 638 g/mol. The fraction of sp³-hybridized carbons (Fsp3) is 0.447. The molecule has 5 N–H and O–H groups in total. The van der Waals surface area contributed by atoms with E-state index in [2.05, 4.69) is 41.4 Å². The number of unbranched alkanes of at least 4 members (excludes halogenated alkanes) is 1. The first kappa shape index (κ1) is 37.1. The molecule has 5 rings (SSSR count). The van der Waals surface area contributed by atoms with E-state index in [1.165, 1.54) is 12.2 Å². The molecule has 2 unspecified atom stereocenters. The van der Waals surface area contributed by atoms with Crippen LogP contribution in [0.25, 0.3) is 22.2 Å². The summed E-state index contributed by atoms with van der Waals surface area (Å²) in [5, 5.41) is 27.2. The highest BCUT2D eigenvalue weighted by atomic mass is 16.7. The average Bonchev–Trinajstić information content (AvgIpc) is 3.53. The second kappa shape index (κ2) is 18.2. The lowest BCUT2D eigenvalue weighted by Gasteiger charge is -2.30. The van der Waals surface area contributed by atoms with Gasteiger partial charge in [-0.05, 0) is 43.4 Å². The number of carbonyl (C=O) groups is 2. The first-order valence-electron chi connectivity index (χ1n) is 17.4. The number of hydrogen-bond acceptors (Lipinski definition) is 10. The Morgan fingerprint density at radius 2 is 1.98 bits per heavy atom. The second-order valence-electron chi connectivity index (χ2n) is 12.7. The zero-order valence-electron chi connectivity index (χ0n) is 28.6. The van der Waals surface area contributed by atoms with Gasteiger partial charge >= 0.3 is 5.97 Å². The Morgan fingerprint density at radius 3 is 2.72 bits per heavy atom. The van der Waals surface area contributed by atoms with Gasteiger partial charge in [0.1, 0.15) is 30.8 Å². The second-order valence-corrected chi connectivity index (χ2v) is 12.7. The van der Waals surface area contributed by atoms with E-state index in [0.29, 0.717) is 25.2 Å². The Balaban J connectivity index is 1.45. The van der Waals surface area contributed by atoms with Crippen molar-refractivity contribution >= 4 is 22.8 Å². The van der Waals surface area contributed by atoms with Crippen LogP contribution >= 0.6 is 0 Å². The minimum Gasteiger partial charge on any atom is -0.488 e. The highest BCUT2D eigenvalue weighted by molar-refractivity contribution is 5.88. The molecule has 50 heavy (non-hydrogen) atoms. The number of carbonyl (C=O) groups excluding carboxylic acids is 1. The molecule has 2 aromatic carbocycles. The van der Waals surface area contributed by atoms with Gasteiger partial charge in [-0.1, -0.05) is 68.3 Å². The number of aryl methyl sites for hydroxylation is 1. The molecule has 0 saturated carbocycles. The van der Waals surface area contributed by atoms with Crippen LogP contribution in [-0.2, 0) is 25.6 Å². The molecule has 3 aromatic rings. The lowest BCUT2D eigenvalue weighted by atomic mass is 10.0. The largest absolute Gasteiger partial charge is 0.488 e. The Labute approximate surface area is 293 Å². The van der Waals surface area contributed by atoms with Crippen LogP contribution in [0.2, 0.25) is 0 Å². The fourth-order valence-corrected chi connectivity index (χ4v) is 6.43. The third-order valence-electron chi connectivity index (χ3n) is 9.16. The summed E-state index contributed by atoms with van der Waals surface area (Å²) in [6.07, 6.45) is 5.56. The number of carboxylic acid groups (broad SMARTS) is 1. The van der Waals surface area contributed by atoms with Gasteiger partial charge < -0.3 is 24.6 Å². The van der Waals surface area contributed by atoms with Crippen LogP contribution in [0.1, 0.15) is 51.0 Å². The summed E-state index contributed by atoms with van der Waals surface area (Å²) >= 11 is 0. The molecule has 0 spiro atoms. The van der Waals surface area contributed by atoms with E-state index in [4.69, 9.17) is 19.3 Å². The van der Waals surface area contributed by atoms with Gasteiger partial charge in [0.05, 0.1) is 30.4 Å². The molecule has 2 aliphatic rings. The summed E-state index contributed by atoms with van der Waals surface area (Å²) in [5.74, 6) is -1.16. The summed E-state index contributed by atoms with van der Waals surface area (Å²) in [5.41, 5.74) is 6.66. The minimum atomic E-state index is -1.31. The highest BCUT2D eigenvalue weighted by Gasteiger charge is 2.40. The minimum absolute atomic E-state index is 0.165. The van der Waals surface area contributed by atoms with Crippen LogP contribution in [-0.4, -0.2) is 82.6 Å². The van der Waals surface area contributed by atoms with E-state index >= 15 is 0 Å². The normalized spacial score (nSPS) is 22.3. The Hall–Kier alpha value is -4.17. The molecule has 12 heteroatoms. The monoisotopic (exact) mass is 687 g/mol. The van der Waals surface area contributed by atoms with Crippen molar-refractivity contribution in [2.75, 3.05) is 19.9 Å². The maximum Gasteiger partial charge on any atom is 0.321 e. The lowest BCUT2D eigenvalue weighted by molar-refractivity contribution is -0.152. The van der Waals surface area contributed by atoms with Crippen molar-refractivity contribution in [3.05, 3.63) is 85.5 Å². The molecule has 1 aromatic heterocycles. The number of fused-ring (bicyclic) bond motifs is 3. The Kier molecular flexibility index (Phi) is 13.5. The number of nitrogens with zero attached hydrogens (tertiary/aromatic N) is 2. The van der Waals surface area contributed by atoms with Crippen LogP contribution in [0.3, 0.4) is 0 Å². The van der Waals surface area contributed by atoms with Crippen molar-refractivity contribution in [2.24, 2.45) is 5.92 Å². The van der Waals surface area contributed by atoms with Crippen LogP contribution in [0.4, 0.5) is 0 Å². The maximum absolute atomic E-state index is 14.2. The number of hydroxylamine groups is 1. The molecule has 4 bridgehead atoms. The third-order valence-corrected chi connectivity index (χ3v) is 9.16. The molecular formula is C38H49N5O7. The first-order valence-corrected chi connectivity index (χ1v) is 17.4. The van der Waals surface area contributed by atoms with Gasteiger partial charge in [-0.3, -0.25) is 25.1 Å². The predicted molar refractivity (Wildman–Crippen MR) is 191 cm³/mol. The van der Waals surface area contributed by atoms with E-state index in [0.717, 1.165) is 59.8 Å². The summed E-state index contributed by atoms with van der Waals surface area (Å²) in [6.45, 7) is 9.85. The zero-order chi connectivity index (χ0) is 35.5. The number of amides is 1. The quantitative estimate of drug-likeness (QED) is 0.0747. The molecule has 0 radical (unpaired) electrons. The number of nitrogens with one attached hydrogen (secondary N) is 3. The molecule has 268 valence electrons. The average molecular weight is 688 g/mol. The van der Waals surface area contributed by atoms with Crippen LogP contribution in [0.15, 0.2) is 79.9 Å². The van der Waals surface area contributed by atoms with Crippen LogP contribution in [0, 0.1) is 5.92 Å². The zero-order valence-corrected chi connectivity index (χ0v) is 28.6. The number of hydrogen-bond donors (Lipinski definition) is 5. The van der Waals surface area contributed by atoms with Gasteiger partial charge in [0, 0.05) is 29.4 Å². The summed E-state index contributed by atoms with van der Waals surface area (Å²) in [4.78, 5) is 38.4. The number of ether oxygens (including phenoxy) is 2. The van der Waals surface area contributed by atoms with Crippen molar-refractivity contribution in [3.8, 4) is 17.0 Å². The predicted octanol–water partition coefficient (Wildman–Crippen LogP) is 4.49. The molecule has 2 aliphatic heterocycles. The van der Waals surface area contributed by atoms with E-state index in [9.17, 15) is 19.8 Å². The molecule has 0 aliphatic carbocycles. The molecule has 12 nitrogen and oxygen atoms in total. The lowest BCUT2D eigenvalue weighted by Crippen LogP contribution is -2.55. The first-order chi connectivity index (χ1) is 24.3. The summed E-state index contributed by atoms with van der Waals surface area (Å²) in [7, 11) is 0. The third kappa shape index (κ3) is 9.53. The number of aromatic nitrogens is 1. The van der Waals surface area contributed by atoms with Gasteiger partial charge in [0.25, 0.3) is 0 Å². The number of pyridine rings is 1. The fourth-order valence-electron chi connectivity index (χ4n) is 6.43. The van der Waals surface area contributed by atoms with Crippen molar-refractivity contribution < 1.29 is 34.1 Å². The number of aliphatic carboxylic acids is 1. The summed E-state index contributed by atoms with van der Waals surface area (Å²) < 4.78 is 12.4. The number of aliphatic hydroxyl groups excluding tert-OH is 1. The number of rotatable bonds is 13. The highest BCUT2D eigenvalue weighted by Crippen LogP contribution is 2.34. The topological polar surface area (TPSA) is 155 Å². The molecule has 3 heterocycles. The molecule has 1 fully saturated rings. The smallest absolute Gasteiger partial charge is 0.321 e. The van der Waals surface area contributed by atoms with E-state index in [1.807, 2.05) is 49.4 Å². The van der Waals surface area contributed by atoms with Gasteiger partial charge in [-0.25, -0.2) is 4.98 Å². The van der Waals surface area contributed by atoms with E-state index in [-0.39, 0.29) is 19.2 Å². The maximum atomic E-state index is 14.2. The number of carboxylic acids is 1. The van der Waals surface area contributed by atoms with E-state index < -0.39 is 42.7 Å². The van der Waals surface area contributed by atoms with Crippen molar-refractivity contribution in [1.29, 1.82) is 0 Å². The van der Waals surface area contributed by atoms with E-state index in [1.54, 1.807) is 4.90 Å². The van der Waals surface area contributed by atoms with Crippen LogP contribution < -0.4 is 20.9 Å². The summed E-state index contributed by atoms with van der Waals surface area (Å²) in [6, 6.07) is 16.4. The van der Waals surface area contributed by atoms with Gasteiger partial charge in [0.15, 0.2) is 0 Å². The van der Waals surface area contributed by atoms with Crippen LogP contribution in [0.5, 0.6) is 5.75 Å².